The third kappa shape index (κ3) is 3.15. The second-order valence-corrected chi connectivity index (χ2v) is 6.60. The van der Waals surface area contributed by atoms with Gasteiger partial charge in [0.2, 0.25) is 0 Å². The van der Waals surface area contributed by atoms with Gasteiger partial charge in [-0.2, -0.15) is 0 Å². The van der Waals surface area contributed by atoms with E-state index in [2.05, 4.69) is 10.1 Å². The molecule has 0 aliphatic carbocycles. The van der Waals surface area contributed by atoms with Crippen LogP contribution in [0.25, 0.3) is 10.9 Å². The summed E-state index contributed by atoms with van der Waals surface area (Å²) in [6.07, 6.45) is 5.45. The van der Waals surface area contributed by atoms with E-state index in [9.17, 15) is 4.79 Å². The van der Waals surface area contributed by atoms with Gasteiger partial charge in [0, 0.05) is 19.2 Å². The van der Waals surface area contributed by atoms with Gasteiger partial charge < -0.3 is 9.26 Å². The largest absolute Gasteiger partial charge is 0.383 e. The Balaban J connectivity index is 1.77. The summed E-state index contributed by atoms with van der Waals surface area (Å²) in [6, 6.07) is 7.63. The number of nitrogens with zero attached hydrogens (tertiary/aromatic N) is 4. The van der Waals surface area contributed by atoms with Crippen molar-refractivity contribution < 1.29 is 9.26 Å². The normalized spacial score (nSPS) is 18.0. The Morgan fingerprint density at radius 1 is 1.35 bits per heavy atom. The van der Waals surface area contributed by atoms with Gasteiger partial charge >= 0.3 is 0 Å². The minimum atomic E-state index is -0.000484. The van der Waals surface area contributed by atoms with Gasteiger partial charge in [-0.25, -0.2) is 4.98 Å². The number of methoxy groups -OCH3 is 1. The molecule has 3 heterocycles. The van der Waals surface area contributed by atoms with Gasteiger partial charge in [0.15, 0.2) is 0 Å². The summed E-state index contributed by atoms with van der Waals surface area (Å²) in [4.78, 5) is 20.3. The molecular weight excluding hydrogens is 332 g/mol. The standard InChI is InChI=1S/C19H22N4O3/c1-25-10-9-23-18(21-16-6-3-2-5-15(16)19(23)24)17-7-4-8-22(17)12-14-11-20-26-13-14/h2-3,5-6,11,13,17H,4,7-10,12H2,1H3. The smallest absolute Gasteiger partial charge is 0.261 e. The van der Waals surface area contributed by atoms with E-state index in [1.165, 1.54) is 0 Å². The average Bonchev–Trinajstić information content (AvgIpc) is 3.33. The molecule has 7 heteroatoms. The zero-order chi connectivity index (χ0) is 17.9. The van der Waals surface area contributed by atoms with Crippen LogP contribution in [0.5, 0.6) is 0 Å². The lowest BCUT2D eigenvalue weighted by Gasteiger charge is -2.26. The molecule has 1 fully saturated rings. The summed E-state index contributed by atoms with van der Waals surface area (Å²) in [5.74, 6) is 0.819. The molecule has 0 amide bonds. The molecule has 2 aromatic heterocycles. The third-order valence-electron chi connectivity index (χ3n) is 4.94. The van der Waals surface area contributed by atoms with Crippen LogP contribution in [0.3, 0.4) is 0 Å². The highest BCUT2D eigenvalue weighted by Crippen LogP contribution is 2.32. The molecule has 1 unspecified atom stereocenters. The van der Waals surface area contributed by atoms with E-state index in [0.717, 1.165) is 42.8 Å². The highest BCUT2D eigenvalue weighted by molar-refractivity contribution is 5.77. The van der Waals surface area contributed by atoms with Crippen molar-refractivity contribution in [1.82, 2.24) is 19.6 Å². The Labute approximate surface area is 151 Å². The van der Waals surface area contributed by atoms with Crippen molar-refractivity contribution >= 4 is 10.9 Å². The molecular formula is C19H22N4O3. The number of likely N-dealkylation sites (tertiary alicyclic amines) is 1. The molecule has 1 aromatic carbocycles. The maximum Gasteiger partial charge on any atom is 0.261 e. The summed E-state index contributed by atoms with van der Waals surface area (Å²) in [5.41, 5.74) is 1.78. The summed E-state index contributed by atoms with van der Waals surface area (Å²) in [6.45, 7) is 2.68. The van der Waals surface area contributed by atoms with Crippen LogP contribution in [0.2, 0.25) is 0 Å². The van der Waals surface area contributed by atoms with Crippen LogP contribution in [0.1, 0.15) is 30.3 Å². The minimum absolute atomic E-state index is 0.000484. The van der Waals surface area contributed by atoms with Gasteiger partial charge in [0.05, 0.1) is 36.3 Å². The Morgan fingerprint density at radius 3 is 3.04 bits per heavy atom. The van der Waals surface area contributed by atoms with Gasteiger partial charge in [0.1, 0.15) is 12.1 Å². The average molecular weight is 354 g/mol. The molecule has 1 aliphatic heterocycles. The van der Waals surface area contributed by atoms with Crippen LogP contribution >= 0.6 is 0 Å². The van der Waals surface area contributed by atoms with Crippen LogP contribution < -0.4 is 5.56 Å². The predicted molar refractivity (Wildman–Crippen MR) is 96.8 cm³/mol. The monoisotopic (exact) mass is 354 g/mol. The molecule has 4 rings (SSSR count). The van der Waals surface area contributed by atoms with Crippen molar-refractivity contribution in [3.05, 3.63) is 58.5 Å². The number of aromatic nitrogens is 3. The van der Waals surface area contributed by atoms with Gasteiger partial charge in [-0.05, 0) is 31.5 Å². The van der Waals surface area contributed by atoms with E-state index in [-0.39, 0.29) is 11.6 Å². The van der Waals surface area contributed by atoms with Crippen molar-refractivity contribution in [3.63, 3.8) is 0 Å². The highest BCUT2D eigenvalue weighted by Gasteiger charge is 2.30. The fraction of sp³-hybridized carbons (Fsp3) is 0.421. The van der Waals surface area contributed by atoms with Gasteiger partial charge in [-0.15, -0.1) is 0 Å². The summed E-state index contributed by atoms with van der Waals surface area (Å²) < 4.78 is 12.0. The fourth-order valence-electron chi connectivity index (χ4n) is 3.69. The number of hydrogen-bond donors (Lipinski definition) is 0. The van der Waals surface area contributed by atoms with Gasteiger partial charge in [-0.1, -0.05) is 17.3 Å². The Hall–Kier alpha value is -2.51. The molecule has 0 radical (unpaired) electrons. The predicted octanol–water partition coefficient (Wildman–Crippen LogP) is 2.37. The molecule has 136 valence electrons. The van der Waals surface area contributed by atoms with Crippen LogP contribution in [0, 0.1) is 0 Å². The van der Waals surface area contributed by atoms with Gasteiger partial charge in [0.25, 0.3) is 5.56 Å². The van der Waals surface area contributed by atoms with Crippen molar-refractivity contribution in [3.8, 4) is 0 Å². The lowest BCUT2D eigenvalue weighted by Crippen LogP contribution is -2.33. The quantitative estimate of drug-likeness (QED) is 0.677. The number of rotatable bonds is 6. The number of hydrogen-bond acceptors (Lipinski definition) is 6. The van der Waals surface area contributed by atoms with Crippen LogP contribution in [0.15, 0.2) is 46.0 Å². The van der Waals surface area contributed by atoms with Gasteiger partial charge in [-0.3, -0.25) is 14.3 Å². The summed E-state index contributed by atoms with van der Waals surface area (Å²) >= 11 is 0. The topological polar surface area (TPSA) is 73.4 Å². The maximum absolute atomic E-state index is 13.1. The maximum atomic E-state index is 13.1. The number of benzene rings is 1. The molecule has 1 saturated heterocycles. The first-order valence-electron chi connectivity index (χ1n) is 8.88. The van der Waals surface area contributed by atoms with E-state index in [0.29, 0.717) is 18.5 Å². The van der Waals surface area contributed by atoms with E-state index in [4.69, 9.17) is 14.2 Å². The summed E-state index contributed by atoms with van der Waals surface area (Å²) in [7, 11) is 1.65. The molecule has 7 nitrogen and oxygen atoms in total. The zero-order valence-corrected chi connectivity index (χ0v) is 14.8. The molecule has 3 aromatic rings. The van der Waals surface area contributed by atoms with Crippen LogP contribution in [-0.4, -0.2) is 39.9 Å². The Kier molecular flexibility index (Phi) is 4.81. The van der Waals surface area contributed by atoms with E-state index < -0.39 is 0 Å². The van der Waals surface area contributed by atoms with E-state index in [1.807, 2.05) is 24.3 Å². The number of para-hydroxylation sites is 1. The number of ether oxygens (including phenoxy) is 1. The molecule has 0 saturated carbocycles. The fourth-order valence-corrected chi connectivity index (χ4v) is 3.69. The lowest BCUT2D eigenvalue weighted by molar-refractivity contribution is 0.178. The number of fused-ring (bicyclic) bond motifs is 1. The first-order chi connectivity index (χ1) is 12.8. The molecule has 0 N–H and O–H groups in total. The SMILES string of the molecule is COCCn1c(C2CCCN2Cc2cnoc2)nc2ccccc2c1=O. The molecule has 0 spiro atoms. The van der Waals surface area contributed by atoms with Crippen molar-refractivity contribution in [2.75, 3.05) is 20.3 Å². The first-order valence-corrected chi connectivity index (χ1v) is 8.88. The van der Waals surface area contributed by atoms with Crippen LogP contribution in [-0.2, 0) is 17.8 Å². The van der Waals surface area contributed by atoms with E-state index in [1.54, 1.807) is 24.1 Å². The first kappa shape index (κ1) is 16.9. The van der Waals surface area contributed by atoms with Crippen molar-refractivity contribution in [1.29, 1.82) is 0 Å². The highest BCUT2D eigenvalue weighted by atomic mass is 16.5. The zero-order valence-electron chi connectivity index (χ0n) is 14.8. The Morgan fingerprint density at radius 2 is 2.23 bits per heavy atom. The molecule has 0 bridgehead atoms. The second-order valence-electron chi connectivity index (χ2n) is 6.60. The minimum Gasteiger partial charge on any atom is -0.383 e. The van der Waals surface area contributed by atoms with E-state index >= 15 is 0 Å². The van der Waals surface area contributed by atoms with Crippen LogP contribution in [0.4, 0.5) is 0 Å². The molecule has 26 heavy (non-hydrogen) atoms. The second kappa shape index (κ2) is 7.39. The van der Waals surface area contributed by atoms with Crippen molar-refractivity contribution in [2.24, 2.45) is 0 Å². The van der Waals surface area contributed by atoms with Crippen molar-refractivity contribution in [2.45, 2.75) is 32.0 Å². The molecule has 1 aliphatic rings. The lowest BCUT2D eigenvalue weighted by atomic mass is 10.1. The summed E-state index contributed by atoms with van der Waals surface area (Å²) in [5, 5.41) is 4.44. The molecule has 1 atom stereocenters. The Bertz CT molecular complexity index is 936. The third-order valence-corrected chi connectivity index (χ3v) is 4.94.